The number of nitrogens with zero attached hydrogens (tertiary/aromatic N) is 4. The number of amides is 2. The molecule has 6 heteroatoms. The number of carbonyl (C=O) groups excluding carboxylic acids is 1. The first-order chi connectivity index (χ1) is 8.20. The van der Waals surface area contributed by atoms with E-state index in [0.717, 1.165) is 12.8 Å². The molecule has 0 N–H and O–H groups in total. The van der Waals surface area contributed by atoms with Crippen molar-refractivity contribution in [2.45, 2.75) is 26.7 Å². The first kappa shape index (κ1) is 12.0. The zero-order valence-corrected chi connectivity index (χ0v) is 10.8. The van der Waals surface area contributed by atoms with Crippen LogP contribution in [0.5, 0.6) is 0 Å². The predicted octanol–water partition coefficient (Wildman–Crippen LogP) is 1.46. The molecule has 0 aromatic heterocycles. The predicted molar refractivity (Wildman–Crippen MR) is 71.3 cm³/mol. The van der Waals surface area contributed by atoms with Crippen molar-refractivity contribution in [3.05, 3.63) is 0 Å². The summed E-state index contributed by atoms with van der Waals surface area (Å²) in [6.45, 7) is 5.23. The lowest BCUT2D eigenvalue weighted by Crippen LogP contribution is -2.53. The van der Waals surface area contributed by atoms with Gasteiger partial charge in [0, 0.05) is 0 Å². The maximum absolute atomic E-state index is 12.2. The van der Waals surface area contributed by atoms with Crippen molar-refractivity contribution in [3.8, 4) is 0 Å². The normalized spacial score (nSPS) is 18.9. The molecule has 0 aromatic rings. The van der Waals surface area contributed by atoms with E-state index in [-0.39, 0.29) is 6.03 Å². The highest BCUT2D eigenvalue weighted by atomic mass is 32.1. The van der Waals surface area contributed by atoms with E-state index in [9.17, 15) is 4.79 Å². The quantitative estimate of drug-likeness (QED) is 0.561. The first-order valence-electron chi connectivity index (χ1n) is 5.81. The smallest absolute Gasteiger partial charge is 0.212 e. The zero-order valence-electron chi connectivity index (χ0n) is 10.0. The molecule has 0 aromatic carbocycles. The van der Waals surface area contributed by atoms with Crippen molar-refractivity contribution in [3.63, 3.8) is 0 Å². The van der Waals surface area contributed by atoms with Gasteiger partial charge < -0.3 is 0 Å². The molecule has 0 spiro atoms. The summed E-state index contributed by atoms with van der Waals surface area (Å²) in [4.78, 5) is 22.6. The number of fused-ring (bicyclic) bond motifs is 1. The Hall–Kier alpha value is -1.43. The van der Waals surface area contributed by atoms with Crippen LogP contribution >= 0.6 is 12.2 Å². The topological polar surface area (TPSA) is 48.0 Å². The van der Waals surface area contributed by atoms with E-state index in [1.165, 1.54) is 6.34 Å². The third-order valence-electron chi connectivity index (χ3n) is 2.80. The Bertz CT molecular complexity index is 464. The minimum atomic E-state index is -0.0843. The molecule has 0 radical (unpaired) electrons. The van der Waals surface area contributed by atoms with Crippen LogP contribution in [0.25, 0.3) is 0 Å². The zero-order chi connectivity index (χ0) is 12.4. The lowest BCUT2D eigenvalue weighted by Gasteiger charge is -2.22. The van der Waals surface area contributed by atoms with E-state index in [2.05, 4.69) is 16.9 Å². The standard InChI is InChI=1S/C11H15N4OS/c1-3-5-6-15-9-8(12-7-13-9)10(17)14(4-2)11(15)16/h7H,3-6H2,1-2H3/q+1. The summed E-state index contributed by atoms with van der Waals surface area (Å²) in [6.07, 6.45) is 3.44. The highest BCUT2D eigenvalue weighted by Crippen LogP contribution is 2.12. The van der Waals surface area contributed by atoms with Crippen LogP contribution in [-0.2, 0) is 0 Å². The number of urea groups is 1. The van der Waals surface area contributed by atoms with Gasteiger partial charge in [-0.05, 0) is 25.6 Å². The van der Waals surface area contributed by atoms with Crippen LogP contribution in [0.2, 0.25) is 0 Å². The molecule has 0 bridgehead atoms. The number of amidine groups is 1. The third kappa shape index (κ3) is 1.93. The lowest BCUT2D eigenvalue weighted by atomic mass is 10.2. The van der Waals surface area contributed by atoms with Crippen LogP contribution in [0.15, 0.2) is 9.98 Å². The molecular formula is C11H15N4OS+. The fraction of sp³-hybridized carbons (Fsp3) is 0.545. The van der Waals surface area contributed by atoms with Crippen molar-refractivity contribution in [1.82, 2.24) is 4.90 Å². The molecule has 5 nitrogen and oxygen atoms in total. The highest BCUT2D eigenvalue weighted by molar-refractivity contribution is 7.82. The van der Waals surface area contributed by atoms with E-state index in [1.807, 2.05) is 6.92 Å². The summed E-state index contributed by atoms with van der Waals surface area (Å²) >= 11 is 5.25. The summed E-state index contributed by atoms with van der Waals surface area (Å²) in [6, 6.07) is -0.0843. The second-order valence-corrected chi connectivity index (χ2v) is 4.27. The minimum Gasteiger partial charge on any atom is -0.212 e. The molecule has 2 amide bonds. The van der Waals surface area contributed by atoms with Gasteiger partial charge in [-0.25, -0.2) is 14.7 Å². The Kier molecular flexibility index (Phi) is 3.42. The number of aliphatic imine (C=N–C) groups is 2. The van der Waals surface area contributed by atoms with E-state index in [4.69, 9.17) is 12.2 Å². The van der Waals surface area contributed by atoms with Crippen molar-refractivity contribution < 1.29 is 9.37 Å². The maximum Gasteiger partial charge on any atom is 0.444 e. The van der Waals surface area contributed by atoms with Gasteiger partial charge in [-0.15, -0.1) is 0 Å². The molecule has 0 unspecified atom stereocenters. The number of hydrogen-bond acceptors (Lipinski definition) is 4. The lowest BCUT2D eigenvalue weighted by molar-refractivity contribution is -0.435. The van der Waals surface area contributed by atoms with E-state index < -0.39 is 0 Å². The minimum absolute atomic E-state index is 0.0843. The maximum atomic E-state index is 12.2. The third-order valence-corrected chi connectivity index (χ3v) is 3.21. The summed E-state index contributed by atoms with van der Waals surface area (Å²) in [5, 5.41) is 0. The molecule has 2 aliphatic heterocycles. The van der Waals surface area contributed by atoms with Crippen LogP contribution in [0.1, 0.15) is 26.7 Å². The van der Waals surface area contributed by atoms with Gasteiger partial charge in [-0.3, -0.25) is 0 Å². The SMILES string of the molecule is CCCC[N+]1=C2N=CN=C2C(=S)N(CC)C1=O. The molecule has 2 heterocycles. The van der Waals surface area contributed by atoms with Gasteiger partial charge in [0.25, 0.3) is 5.84 Å². The van der Waals surface area contributed by atoms with E-state index in [1.54, 1.807) is 9.48 Å². The molecule has 0 atom stereocenters. The Balaban J connectivity index is 2.41. The Labute approximate surface area is 106 Å². The fourth-order valence-electron chi connectivity index (χ4n) is 1.86. The van der Waals surface area contributed by atoms with Crippen molar-refractivity contribution in [2.75, 3.05) is 13.1 Å². The molecule has 0 saturated heterocycles. The molecule has 2 rings (SSSR count). The number of unbranched alkanes of at least 4 members (excludes halogenated alkanes) is 1. The average molecular weight is 251 g/mol. The van der Waals surface area contributed by atoms with Gasteiger partial charge in [-0.1, -0.05) is 18.3 Å². The van der Waals surface area contributed by atoms with Gasteiger partial charge in [0.15, 0.2) is 17.0 Å². The van der Waals surface area contributed by atoms with Crippen molar-refractivity contribution in [2.24, 2.45) is 9.98 Å². The van der Waals surface area contributed by atoms with Crippen molar-refractivity contribution in [1.29, 1.82) is 0 Å². The first-order valence-corrected chi connectivity index (χ1v) is 6.22. The van der Waals surface area contributed by atoms with Gasteiger partial charge in [-0.2, -0.15) is 4.58 Å². The summed E-state index contributed by atoms with van der Waals surface area (Å²) in [5.74, 6) is 0.609. The second-order valence-electron chi connectivity index (χ2n) is 3.88. The molecule has 0 aliphatic carbocycles. The Morgan fingerprint density at radius 1 is 1.47 bits per heavy atom. The number of hydrogen-bond donors (Lipinski definition) is 0. The number of thiocarbonyl (C=S) groups is 1. The van der Waals surface area contributed by atoms with Gasteiger partial charge >= 0.3 is 6.03 Å². The molecule has 2 aliphatic rings. The Morgan fingerprint density at radius 3 is 2.88 bits per heavy atom. The van der Waals surface area contributed by atoms with Crippen LogP contribution < -0.4 is 0 Å². The van der Waals surface area contributed by atoms with Crippen LogP contribution in [0.4, 0.5) is 4.79 Å². The largest absolute Gasteiger partial charge is 0.444 e. The van der Waals surface area contributed by atoms with Gasteiger partial charge in [0.1, 0.15) is 0 Å². The average Bonchev–Trinajstić information content (AvgIpc) is 2.79. The Morgan fingerprint density at radius 2 is 2.24 bits per heavy atom. The molecule has 17 heavy (non-hydrogen) atoms. The number of rotatable bonds is 4. The fourth-order valence-corrected chi connectivity index (χ4v) is 2.21. The highest BCUT2D eigenvalue weighted by Gasteiger charge is 2.42. The summed E-state index contributed by atoms with van der Waals surface area (Å²) in [5.41, 5.74) is 0.651. The number of carbonyl (C=O) groups is 1. The molecule has 0 fully saturated rings. The van der Waals surface area contributed by atoms with E-state index in [0.29, 0.717) is 29.6 Å². The van der Waals surface area contributed by atoms with Gasteiger partial charge in [0.05, 0.1) is 13.1 Å². The van der Waals surface area contributed by atoms with E-state index >= 15 is 0 Å². The molecule has 0 saturated carbocycles. The van der Waals surface area contributed by atoms with Crippen LogP contribution in [0.3, 0.4) is 0 Å². The molecular weight excluding hydrogens is 236 g/mol. The monoisotopic (exact) mass is 251 g/mol. The van der Waals surface area contributed by atoms with Crippen LogP contribution in [0, 0.1) is 0 Å². The van der Waals surface area contributed by atoms with Gasteiger partial charge in [0.2, 0.25) is 0 Å². The summed E-state index contributed by atoms with van der Waals surface area (Å²) < 4.78 is 1.67. The van der Waals surface area contributed by atoms with Crippen LogP contribution in [-0.4, -0.2) is 51.5 Å². The summed E-state index contributed by atoms with van der Waals surface area (Å²) in [7, 11) is 0. The van der Waals surface area contributed by atoms with Crippen molar-refractivity contribution >= 4 is 41.1 Å². The second kappa shape index (κ2) is 4.83. The molecule has 90 valence electrons.